The molecule has 0 spiro atoms. The number of amides is 1. The largest absolute Gasteiger partial charge is 0.495 e. The predicted octanol–water partition coefficient (Wildman–Crippen LogP) is 3.37. The van der Waals surface area contributed by atoms with Gasteiger partial charge < -0.3 is 14.1 Å². The van der Waals surface area contributed by atoms with Crippen LogP contribution in [0.25, 0.3) is 0 Å². The number of nitrogens with zero attached hydrogens (tertiary/aromatic N) is 1. The van der Waals surface area contributed by atoms with Crippen molar-refractivity contribution in [2.24, 2.45) is 5.92 Å². The van der Waals surface area contributed by atoms with E-state index < -0.39 is 10.0 Å². The molecule has 0 radical (unpaired) electrons. The van der Waals surface area contributed by atoms with Gasteiger partial charge in [-0.05, 0) is 56.5 Å². The second-order valence-electron chi connectivity index (χ2n) is 7.93. The molecule has 1 aliphatic carbocycles. The summed E-state index contributed by atoms with van der Waals surface area (Å²) in [6.45, 7) is 5.95. The molecular weight excluding hydrogens is 392 g/mol. The highest BCUT2D eigenvalue weighted by atomic mass is 32.2. The summed E-state index contributed by atoms with van der Waals surface area (Å²) in [5, 5.41) is 0. The van der Waals surface area contributed by atoms with E-state index in [9.17, 15) is 13.2 Å². The Morgan fingerprint density at radius 3 is 2.59 bits per heavy atom. The Labute approximate surface area is 172 Å². The second-order valence-corrected chi connectivity index (χ2v) is 9.61. The van der Waals surface area contributed by atoms with E-state index in [2.05, 4.69) is 11.6 Å². The molecule has 3 rings (SSSR count). The summed E-state index contributed by atoms with van der Waals surface area (Å²) in [7, 11) is -0.755. The van der Waals surface area contributed by atoms with E-state index in [-0.39, 0.29) is 28.2 Å². The number of sulfonamides is 1. The molecule has 2 atom stereocenters. The third-order valence-electron chi connectivity index (χ3n) is 4.99. The number of carbonyl (C=O) groups is 1. The van der Waals surface area contributed by atoms with Crippen molar-refractivity contribution >= 4 is 15.9 Å². The van der Waals surface area contributed by atoms with Crippen LogP contribution in [0.3, 0.4) is 0 Å². The molecule has 0 bridgehead atoms. The Kier molecular flexibility index (Phi) is 6.05. The first kappa shape index (κ1) is 21.4. The Hall–Kier alpha value is -2.32. The molecule has 1 aliphatic rings. The zero-order valence-electron chi connectivity index (χ0n) is 17.4. The first-order valence-electron chi connectivity index (χ1n) is 9.66. The van der Waals surface area contributed by atoms with E-state index >= 15 is 0 Å². The average molecular weight is 421 g/mol. The number of furan rings is 1. The van der Waals surface area contributed by atoms with E-state index in [1.165, 1.54) is 24.1 Å². The third-order valence-corrected chi connectivity index (χ3v) is 6.67. The lowest BCUT2D eigenvalue weighted by Gasteiger charge is -2.18. The molecule has 2 aromatic rings. The fourth-order valence-corrected chi connectivity index (χ4v) is 4.76. The van der Waals surface area contributed by atoms with Crippen molar-refractivity contribution in [2.45, 2.75) is 50.6 Å². The standard InChI is InChI=1S/C21H28N2O5S/c1-13(2)22-29(25,26)20-11-15(6-8-19(20)27-5)21(24)23(4)12-16-7-9-18(28-16)17-10-14(17)3/h6-9,11,13-14,17,22H,10,12H2,1-5H3/t14-,17-/m0/s1. The molecular formula is C21H28N2O5S. The molecule has 1 amide bonds. The maximum absolute atomic E-state index is 12.9. The van der Waals surface area contributed by atoms with Crippen molar-refractivity contribution in [3.8, 4) is 5.75 Å². The average Bonchev–Trinajstić information content (AvgIpc) is 3.20. The molecule has 1 heterocycles. The van der Waals surface area contributed by atoms with Gasteiger partial charge in [0.2, 0.25) is 10.0 Å². The van der Waals surface area contributed by atoms with Gasteiger partial charge in [-0.2, -0.15) is 0 Å². The number of carbonyl (C=O) groups excluding carboxylic acids is 1. The SMILES string of the molecule is COc1ccc(C(=O)N(C)Cc2ccc([C@H]3C[C@@H]3C)o2)cc1S(=O)(=O)NC(C)C. The van der Waals surface area contributed by atoms with E-state index in [0.29, 0.717) is 24.1 Å². The maximum Gasteiger partial charge on any atom is 0.254 e. The molecule has 1 aromatic carbocycles. The Morgan fingerprint density at radius 1 is 1.31 bits per heavy atom. The summed E-state index contributed by atoms with van der Waals surface area (Å²) >= 11 is 0. The number of nitrogens with one attached hydrogen (secondary N) is 1. The smallest absolute Gasteiger partial charge is 0.254 e. The van der Waals surface area contributed by atoms with Crippen molar-refractivity contribution in [1.82, 2.24) is 9.62 Å². The topological polar surface area (TPSA) is 88.8 Å². The number of hydrogen-bond acceptors (Lipinski definition) is 5. The first-order valence-corrected chi connectivity index (χ1v) is 11.1. The lowest BCUT2D eigenvalue weighted by Crippen LogP contribution is -2.31. The van der Waals surface area contributed by atoms with Gasteiger partial charge in [0.15, 0.2) is 0 Å². The molecule has 7 nitrogen and oxygen atoms in total. The Balaban J connectivity index is 1.79. The molecule has 0 saturated heterocycles. The summed E-state index contributed by atoms with van der Waals surface area (Å²) in [6.07, 6.45) is 1.13. The number of rotatable bonds is 8. The number of methoxy groups -OCH3 is 1. The Bertz CT molecular complexity index is 996. The molecule has 0 aliphatic heterocycles. The van der Waals surface area contributed by atoms with Gasteiger partial charge in [0.25, 0.3) is 5.91 Å². The molecule has 1 saturated carbocycles. The minimum absolute atomic E-state index is 0.0593. The fraction of sp³-hybridized carbons (Fsp3) is 0.476. The van der Waals surface area contributed by atoms with Crippen LogP contribution in [0.15, 0.2) is 39.6 Å². The summed E-state index contributed by atoms with van der Waals surface area (Å²) < 4.78 is 38.8. The summed E-state index contributed by atoms with van der Waals surface area (Å²) in [5.41, 5.74) is 0.264. The van der Waals surface area contributed by atoms with E-state index in [4.69, 9.17) is 9.15 Å². The maximum atomic E-state index is 12.9. The molecule has 1 aromatic heterocycles. The van der Waals surface area contributed by atoms with E-state index in [0.717, 1.165) is 12.2 Å². The van der Waals surface area contributed by atoms with Gasteiger partial charge in [0, 0.05) is 24.6 Å². The minimum atomic E-state index is -3.81. The normalized spacial score (nSPS) is 18.7. The van der Waals surface area contributed by atoms with Crippen molar-refractivity contribution < 1.29 is 22.4 Å². The summed E-state index contributed by atoms with van der Waals surface area (Å²) in [5.74, 6) is 2.68. The molecule has 0 unspecified atom stereocenters. The van der Waals surface area contributed by atoms with Crippen molar-refractivity contribution in [3.05, 3.63) is 47.4 Å². The number of hydrogen-bond donors (Lipinski definition) is 1. The van der Waals surface area contributed by atoms with Gasteiger partial charge >= 0.3 is 0 Å². The van der Waals surface area contributed by atoms with Gasteiger partial charge in [-0.25, -0.2) is 13.1 Å². The second kappa shape index (κ2) is 8.20. The van der Waals surface area contributed by atoms with E-state index in [1.54, 1.807) is 27.0 Å². The number of benzene rings is 1. The molecule has 158 valence electrons. The van der Waals surface area contributed by atoms with Gasteiger partial charge in [0.05, 0.1) is 13.7 Å². The van der Waals surface area contributed by atoms with Crippen LogP contribution < -0.4 is 9.46 Å². The quantitative estimate of drug-likeness (QED) is 0.707. The molecule has 29 heavy (non-hydrogen) atoms. The van der Waals surface area contributed by atoms with Crippen molar-refractivity contribution in [2.75, 3.05) is 14.2 Å². The van der Waals surface area contributed by atoms with E-state index in [1.807, 2.05) is 12.1 Å². The zero-order valence-corrected chi connectivity index (χ0v) is 18.2. The van der Waals surface area contributed by atoms with Gasteiger partial charge in [-0.1, -0.05) is 6.92 Å². The van der Waals surface area contributed by atoms with Crippen LogP contribution in [0.5, 0.6) is 5.75 Å². The van der Waals surface area contributed by atoms with Crippen LogP contribution in [0.2, 0.25) is 0 Å². The van der Waals surface area contributed by atoms with Gasteiger partial charge in [0.1, 0.15) is 22.2 Å². The zero-order chi connectivity index (χ0) is 21.3. The minimum Gasteiger partial charge on any atom is -0.495 e. The Morgan fingerprint density at radius 2 is 2.00 bits per heavy atom. The highest BCUT2D eigenvalue weighted by Gasteiger charge is 2.36. The summed E-state index contributed by atoms with van der Waals surface area (Å²) in [6, 6.07) is 7.98. The van der Waals surface area contributed by atoms with Crippen molar-refractivity contribution in [1.29, 1.82) is 0 Å². The van der Waals surface area contributed by atoms with Gasteiger partial charge in [-0.3, -0.25) is 4.79 Å². The van der Waals surface area contributed by atoms with Crippen molar-refractivity contribution in [3.63, 3.8) is 0 Å². The van der Waals surface area contributed by atoms with Crippen LogP contribution in [0, 0.1) is 5.92 Å². The lowest BCUT2D eigenvalue weighted by molar-refractivity contribution is 0.0774. The molecule has 1 N–H and O–H groups in total. The molecule has 8 heteroatoms. The predicted molar refractivity (Wildman–Crippen MR) is 109 cm³/mol. The number of ether oxygens (including phenoxy) is 1. The first-order chi connectivity index (χ1) is 13.6. The molecule has 1 fully saturated rings. The van der Waals surface area contributed by atoms with Gasteiger partial charge in [-0.15, -0.1) is 0 Å². The van der Waals surface area contributed by atoms with Crippen LogP contribution in [-0.4, -0.2) is 39.4 Å². The fourth-order valence-electron chi connectivity index (χ4n) is 3.32. The monoisotopic (exact) mass is 420 g/mol. The summed E-state index contributed by atoms with van der Waals surface area (Å²) in [4.78, 5) is 14.3. The third kappa shape index (κ3) is 4.82. The van der Waals surface area contributed by atoms with Crippen LogP contribution in [0.1, 0.15) is 55.0 Å². The highest BCUT2D eigenvalue weighted by molar-refractivity contribution is 7.89. The highest BCUT2D eigenvalue weighted by Crippen LogP contribution is 2.47. The lowest BCUT2D eigenvalue weighted by atomic mass is 10.2. The van der Waals surface area contributed by atoms with Crippen LogP contribution in [0.4, 0.5) is 0 Å². The van der Waals surface area contributed by atoms with Crippen LogP contribution >= 0.6 is 0 Å². The van der Waals surface area contributed by atoms with Crippen LogP contribution in [-0.2, 0) is 16.6 Å².